The number of rotatable bonds is 4. The molecule has 0 radical (unpaired) electrons. The first-order valence-corrected chi connectivity index (χ1v) is 12.3. The summed E-state index contributed by atoms with van der Waals surface area (Å²) in [6, 6.07) is 5.04. The molecule has 3 aliphatic rings. The molecule has 0 aliphatic carbocycles. The van der Waals surface area contributed by atoms with Crippen molar-refractivity contribution in [3.63, 3.8) is 0 Å². The van der Waals surface area contributed by atoms with E-state index >= 15 is 0 Å². The van der Waals surface area contributed by atoms with Crippen LogP contribution >= 0.6 is 22.9 Å². The molecule has 178 valence electrons. The number of carbonyl (C=O) groups is 4. The minimum absolute atomic E-state index is 0.145. The lowest BCUT2D eigenvalue weighted by atomic mass is 10.1. The number of amides is 4. The van der Waals surface area contributed by atoms with Gasteiger partial charge in [-0.3, -0.25) is 19.2 Å². The van der Waals surface area contributed by atoms with Crippen molar-refractivity contribution in [3.05, 3.63) is 57.0 Å². The molecule has 34 heavy (non-hydrogen) atoms. The number of likely N-dealkylation sites (tertiary alicyclic amines) is 1. The second-order valence-corrected chi connectivity index (χ2v) is 10.2. The molecule has 0 saturated carbocycles. The van der Waals surface area contributed by atoms with Crippen molar-refractivity contribution in [2.75, 3.05) is 13.1 Å². The van der Waals surface area contributed by atoms with Crippen LogP contribution in [0.25, 0.3) is 0 Å². The normalized spacial score (nSPS) is 26.1. The molecule has 3 fully saturated rings. The lowest BCUT2D eigenvalue weighted by molar-refractivity contribution is -0.144. The van der Waals surface area contributed by atoms with E-state index in [0.717, 1.165) is 10.9 Å². The maximum Gasteiger partial charge on any atom is 0.251 e. The molecule has 3 saturated heterocycles. The molecule has 3 aliphatic heterocycles. The number of carbonyl (C=O) groups excluding carboxylic acids is 4. The van der Waals surface area contributed by atoms with E-state index in [1.54, 1.807) is 4.90 Å². The molecule has 0 spiro atoms. The van der Waals surface area contributed by atoms with E-state index in [9.17, 15) is 23.6 Å². The van der Waals surface area contributed by atoms with Crippen LogP contribution in [0.3, 0.4) is 0 Å². The Labute approximate surface area is 204 Å². The van der Waals surface area contributed by atoms with Gasteiger partial charge in [0.15, 0.2) is 0 Å². The molecule has 4 amide bonds. The highest BCUT2D eigenvalue weighted by atomic mass is 35.5. The van der Waals surface area contributed by atoms with Crippen LogP contribution in [0.5, 0.6) is 0 Å². The quantitative estimate of drug-likeness (QED) is 0.660. The summed E-state index contributed by atoms with van der Waals surface area (Å²) in [5.74, 6) is -1.81. The molecule has 5 rings (SSSR count). The van der Waals surface area contributed by atoms with Crippen molar-refractivity contribution >= 4 is 46.6 Å². The highest BCUT2D eigenvalue weighted by molar-refractivity contribution is 7.10. The van der Waals surface area contributed by atoms with Gasteiger partial charge < -0.3 is 20.4 Å². The summed E-state index contributed by atoms with van der Waals surface area (Å²) in [5.41, 5.74) is 0.186. The molecule has 8 nitrogen and oxygen atoms in total. The van der Waals surface area contributed by atoms with Gasteiger partial charge in [-0.05, 0) is 42.5 Å². The average Bonchev–Trinajstić information content (AvgIpc) is 3.54. The minimum Gasteiger partial charge on any atom is -0.349 e. The fourth-order valence-electron chi connectivity index (χ4n) is 4.98. The maximum atomic E-state index is 13.5. The number of nitrogens with zero attached hydrogens (tertiary/aromatic N) is 2. The monoisotopic (exact) mass is 504 g/mol. The molecule has 1 aromatic heterocycles. The van der Waals surface area contributed by atoms with Crippen LogP contribution in [0.4, 0.5) is 4.39 Å². The van der Waals surface area contributed by atoms with Gasteiger partial charge in [-0.2, -0.15) is 0 Å². The van der Waals surface area contributed by atoms with Crippen molar-refractivity contribution in [2.45, 2.75) is 43.4 Å². The molecule has 0 unspecified atom stereocenters. The Balaban J connectivity index is 1.30. The number of hydrogen-bond donors (Lipinski definition) is 2. The van der Waals surface area contributed by atoms with Crippen molar-refractivity contribution in [2.24, 2.45) is 0 Å². The van der Waals surface area contributed by atoms with Crippen LogP contribution in [0, 0.1) is 5.82 Å². The Kier molecular flexibility index (Phi) is 6.03. The fraction of sp³-hybridized carbons (Fsp3) is 0.391. The molecule has 11 heteroatoms. The molecule has 2 aromatic rings. The topological polar surface area (TPSA) is 98.8 Å². The van der Waals surface area contributed by atoms with E-state index in [-0.39, 0.29) is 47.7 Å². The smallest absolute Gasteiger partial charge is 0.251 e. The van der Waals surface area contributed by atoms with E-state index in [1.807, 2.05) is 17.5 Å². The summed E-state index contributed by atoms with van der Waals surface area (Å²) in [5, 5.41) is 7.48. The van der Waals surface area contributed by atoms with Gasteiger partial charge in [-0.25, -0.2) is 4.39 Å². The van der Waals surface area contributed by atoms with E-state index < -0.39 is 35.9 Å². The summed E-state index contributed by atoms with van der Waals surface area (Å²) in [4.78, 5) is 56.0. The predicted octanol–water partition coefficient (Wildman–Crippen LogP) is 1.58. The molecule has 2 N–H and O–H groups in total. The molecule has 4 atom stereocenters. The van der Waals surface area contributed by atoms with Gasteiger partial charge >= 0.3 is 0 Å². The number of fused-ring (bicyclic) bond motifs is 2. The van der Waals surface area contributed by atoms with E-state index in [1.165, 1.54) is 28.4 Å². The minimum atomic E-state index is -0.758. The van der Waals surface area contributed by atoms with Gasteiger partial charge in [-0.15, -0.1) is 11.3 Å². The van der Waals surface area contributed by atoms with Crippen molar-refractivity contribution in [1.82, 2.24) is 20.4 Å². The summed E-state index contributed by atoms with van der Waals surface area (Å²) in [7, 11) is 0. The second-order valence-electron chi connectivity index (χ2n) is 8.73. The first-order valence-electron chi connectivity index (χ1n) is 11.0. The summed E-state index contributed by atoms with van der Waals surface area (Å²) >= 11 is 7.26. The predicted molar refractivity (Wildman–Crippen MR) is 123 cm³/mol. The third kappa shape index (κ3) is 4.16. The van der Waals surface area contributed by atoms with Gasteiger partial charge in [-0.1, -0.05) is 17.7 Å². The highest BCUT2D eigenvalue weighted by Crippen LogP contribution is 2.30. The fourth-order valence-corrected chi connectivity index (χ4v) is 5.86. The SMILES string of the molecule is O=C(N[C@H]1C[C@@H]2C(=O)N[C@@H]3CCN(C(=O)Cc4cccs4)[C@@H]3C(=O)N2C1)c1ccc(F)c(Cl)c1. The van der Waals surface area contributed by atoms with Crippen molar-refractivity contribution < 1.29 is 23.6 Å². The maximum absolute atomic E-state index is 13.5. The van der Waals surface area contributed by atoms with E-state index in [0.29, 0.717) is 13.0 Å². The highest BCUT2D eigenvalue weighted by Gasteiger charge is 2.52. The molecular formula is C23H22ClFN4O4S. The zero-order valence-corrected chi connectivity index (χ0v) is 19.6. The van der Waals surface area contributed by atoms with Crippen LogP contribution < -0.4 is 10.6 Å². The van der Waals surface area contributed by atoms with Crippen LogP contribution in [0.1, 0.15) is 28.1 Å². The van der Waals surface area contributed by atoms with Crippen LogP contribution in [-0.4, -0.2) is 70.7 Å². The largest absolute Gasteiger partial charge is 0.349 e. The Morgan fingerprint density at radius 1 is 1.26 bits per heavy atom. The van der Waals surface area contributed by atoms with E-state index in [4.69, 9.17) is 11.6 Å². The number of hydrogen-bond acceptors (Lipinski definition) is 5. The van der Waals surface area contributed by atoms with Gasteiger partial charge in [0.25, 0.3) is 5.91 Å². The molecule has 1 aromatic carbocycles. The van der Waals surface area contributed by atoms with Crippen LogP contribution in [0.2, 0.25) is 5.02 Å². The molecule has 0 bridgehead atoms. The lowest BCUT2D eigenvalue weighted by Gasteiger charge is -2.29. The number of benzene rings is 1. The second kappa shape index (κ2) is 8.99. The van der Waals surface area contributed by atoms with Gasteiger partial charge in [0.1, 0.15) is 17.9 Å². The van der Waals surface area contributed by atoms with E-state index in [2.05, 4.69) is 10.6 Å². The number of halogens is 2. The Bertz CT molecular complexity index is 1160. The lowest BCUT2D eigenvalue weighted by Crippen LogP contribution is -2.53. The van der Waals surface area contributed by atoms with Crippen LogP contribution in [-0.2, 0) is 20.8 Å². The first kappa shape index (κ1) is 22.8. The van der Waals surface area contributed by atoms with Gasteiger partial charge in [0.05, 0.1) is 17.5 Å². The summed E-state index contributed by atoms with van der Waals surface area (Å²) < 4.78 is 13.4. The standard InChI is InChI=1S/C23H22ClFN4O4S/c24-15-8-12(3-4-16(15)25)21(31)26-13-9-18-22(32)27-17-5-6-28(20(17)23(33)29(18)11-13)19(30)10-14-2-1-7-34-14/h1-4,7-8,13,17-18,20H,5-6,9-11H2,(H,26,31)(H,27,32)/t13-,17+,18+,20-/m0/s1. The van der Waals surface area contributed by atoms with Crippen molar-refractivity contribution in [3.8, 4) is 0 Å². The summed E-state index contributed by atoms with van der Waals surface area (Å²) in [6.45, 7) is 0.545. The van der Waals surface area contributed by atoms with Gasteiger partial charge in [0, 0.05) is 29.6 Å². The number of nitrogens with one attached hydrogen (secondary N) is 2. The third-order valence-electron chi connectivity index (χ3n) is 6.61. The Morgan fingerprint density at radius 3 is 2.82 bits per heavy atom. The Hall–Kier alpha value is -2.98. The third-order valence-corrected chi connectivity index (χ3v) is 7.77. The number of thiophene rings is 1. The van der Waals surface area contributed by atoms with Crippen molar-refractivity contribution in [1.29, 1.82) is 0 Å². The van der Waals surface area contributed by atoms with Gasteiger partial charge in [0.2, 0.25) is 17.7 Å². The van der Waals surface area contributed by atoms with Crippen LogP contribution in [0.15, 0.2) is 35.7 Å². The zero-order valence-electron chi connectivity index (χ0n) is 18.0. The molecule has 4 heterocycles. The Morgan fingerprint density at radius 2 is 2.09 bits per heavy atom. The first-order chi connectivity index (χ1) is 16.3. The zero-order chi connectivity index (χ0) is 24.0. The molecular weight excluding hydrogens is 483 g/mol. The summed E-state index contributed by atoms with van der Waals surface area (Å²) in [6.07, 6.45) is 0.982. The average molecular weight is 505 g/mol.